The minimum absolute atomic E-state index is 0.210. The predicted molar refractivity (Wildman–Crippen MR) is 262 cm³/mol. The van der Waals surface area contributed by atoms with Gasteiger partial charge in [-0.05, 0) is 57.8 Å². The third-order valence-corrected chi connectivity index (χ3v) is 10.7. The van der Waals surface area contributed by atoms with Gasteiger partial charge in [-0.2, -0.15) is 0 Å². The van der Waals surface area contributed by atoms with Crippen molar-refractivity contribution in [1.29, 1.82) is 0 Å². The second-order valence-corrected chi connectivity index (χ2v) is 18.0. The predicted octanol–water partition coefficient (Wildman–Crippen LogP) is 14.1. The van der Waals surface area contributed by atoms with Crippen LogP contribution in [0.4, 0.5) is 0 Å². The third-order valence-electron chi connectivity index (χ3n) is 10.7. The second-order valence-electron chi connectivity index (χ2n) is 18.0. The van der Waals surface area contributed by atoms with E-state index in [1.165, 1.54) is 128 Å². The van der Waals surface area contributed by atoms with Gasteiger partial charge >= 0.3 is 11.9 Å². The van der Waals surface area contributed by atoms with Gasteiger partial charge < -0.3 is 28.9 Å². The van der Waals surface area contributed by atoms with Crippen molar-refractivity contribution in [3.8, 4) is 0 Å². The molecule has 0 amide bonds. The lowest BCUT2D eigenvalue weighted by Gasteiger charge is -2.24. The van der Waals surface area contributed by atoms with Crippen molar-refractivity contribution in [3.63, 3.8) is 0 Å². The van der Waals surface area contributed by atoms with Crippen molar-refractivity contribution >= 4 is 11.9 Å². The van der Waals surface area contributed by atoms with Crippen molar-refractivity contribution in [2.75, 3.05) is 47.5 Å². The zero-order valence-corrected chi connectivity index (χ0v) is 40.5. The first-order chi connectivity index (χ1) is 30.2. The first-order valence-electron chi connectivity index (χ1n) is 25.2. The number of allylic oxidation sites excluding steroid dienone is 12. The Kier molecular flexibility index (Phi) is 44.1. The van der Waals surface area contributed by atoms with Crippen LogP contribution >= 0.6 is 0 Å². The zero-order valence-electron chi connectivity index (χ0n) is 40.5. The molecule has 0 rings (SSSR count). The Morgan fingerprint density at radius 2 is 0.839 bits per heavy atom. The highest BCUT2D eigenvalue weighted by Gasteiger charge is 2.22. The number of carboxylic acid groups (broad SMARTS) is 1. The van der Waals surface area contributed by atoms with Crippen molar-refractivity contribution in [3.05, 3.63) is 72.9 Å². The maximum absolute atomic E-state index is 12.0. The van der Waals surface area contributed by atoms with Gasteiger partial charge in [-0.1, -0.05) is 208 Å². The Morgan fingerprint density at radius 3 is 1.21 bits per heavy atom. The quantitative estimate of drug-likeness (QED) is 0.0206. The van der Waals surface area contributed by atoms with Crippen molar-refractivity contribution in [2.45, 2.75) is 212 Å². The first kappa shape index (κ1) is 59.2. The van der Waals surface area contributed by atoms with Crippen LogP contribution in [0.3, 0.4) is 0 Å². The van der Waals surface area contributed by atoms with Crippen LogP contribution in [-0.2, 0) is 23.8 Å². The van der Waals surface area contributed by atoms with E-state index in [1.54, 1.807) is 0 Å². The summed E-state index contributed by atoms with van der Waals surface area (Å²) in [4.78, 5) is 23.4. The lowest BCUT2D eigenvalue weighted by molar-refractivity contribution is -0.870. The Hall–Kier alpha value is -2.78. The maximum Gasteiger partial charge on any atom is 0.361 e. The molecule has 2 unspecified atom stereocenters. The number of carbonyl (C=O) groups is 2. The summed E-state index contributed by atoms with van der Waals surface area (Å²) < 4.78 is 16.2. The largest absolute Gasteiger partial charge is 0.477 e. The number of likely N-dealkylation sites (N-methyl/N-ethyl adjacent to an activating group) is 1. The number of ether oxygens (including phenoxy) is 3. The second kappa shape index (κ2) is 46.2. The highest BCUT2D eigenvalue weighted by atomic mass is 16.7. The number of nitrogens with zero attached hydrogens (tertiary/aromatic N) is 1. The number of aliphatic hydroxyl groups is 1. The van der Waals surface area contributed by atoms with Gasteiger partial charge in [-0.15, -0.1) is 0 Å². The molecule has 8 heteroatoms. The van der Waals surface area contributed by atoms with Gasteiger partial charge in [0.25, 0.3) is 6.29 Å². The summed E-state index contributed by atoms with van der Waals surface area (Å²) in [5.74, 6) is -1.60. The molecule has 2 atom stereocenters. The van der Waals surface area contributed by atoms with Gasteiger partial charge in [0.15, 0.2) is 0 Å². The van der Waals surface area contributed by atoms with E-state index >= 15 is 0 Å². The zero-order chi connectivity index (χ0) is 45.5. The molecule has 0 heterocycles. The van der Waals surface area contributed by atoms with Gasteiger partial charge in [0.1, 0.15) is 19.3 Å². The van der Waals surface area contributed by atoms with E-state index in [0.29, 0.717) is 17.4 Å². The van der Waals surface area contributed by atoms with E-state index < -0.39 is 18.4 Å². The summed E-state index contributed by atoms with van der Waals surface area (Å²) >= 11 is 0. The fourth-order valence-electron chi connectivity index (χ4n) is 6.84. The number of hydrogen-bond donors (Lipinski definition) is 2. The highest BCUT2D eigenvalue weighted by Crippen LogP contribution is 2.16. The molecule has 0 radical (unpaired) electrons. The van der Waals surface area contributed by atoms with Crippen LogP contribution in [0.1, 0.15) is 200 Å². The molecule has 0 saturated carbocycles. The van der Waals surface area contributed by atoms with Crippen LogP contribution in [0.25, 0.3) is 0 Å². The van der Waals surface area contributed by atoms with E-state index in [9.17, 15) is 19.8 Å². The molecule has 0 aliphatic carbocycles. The number of hydrogen-bond acceptors (Lipinski definition) is 6. The van der Waals surface area contributed by atoms with Crippen LogP contribution in [0.5, 0.6) is 0 Å². The average molecular weight is 871 g/mol. The number of carbonyl (C=O) groups excluding carboxylic acids is 1. The molecule has 2 N–H and O–H groups in total. The topological polar surface area (TPSA) is 102 Å². The van der Waals surface area contributed by atoms with Crippen LogP contribution < -0.4 is 0 Å². The van der Waals surface area contributed by atoms with Gasteiger partial charge in [-0.3, -0.25) is 4.79 Å². The number of carboxylic acids is 1. The molecule has 0 aromatic carbocycles. The van der Waals surface area contributed by atoms with E-state index in [2.05, 4.69) is 79.8 Å². The molecule has 0 spiro atoms. The van der Waals surface area contributed by atoms with Crippen LogP contribution in [0.15, 0.2) is 72.9 Å². The van der Waals surface area contributed by atoms with Gasteiger partial charge in [0.05, 0.1) is 34.4 Å². The molecule has 0 saturated heterocycles. The highest BCUT2D eigenvalue weighted by molar-refractivity contribution is 5.70. The summed E-state index contributed by atoms with van der Waals surface area (Å²) in [5, 5.41) is 19.3. The Morgan fingerprint density at radius 1 is 0.484 bits per heavy atom. The minimum atomic E-state index is -1.46. The normalized spacial score (nSPS) is 13.6. The summed E-state index contributed by atoms with van der Waals surface area (Å²) in [7, 11) is 5.92. The Labute approximate surface area is 381 Å². The lowest BCUT2D eigenvalue weighted by Crippen LogP contribution is -2.40. The van der Waals surface area contributed by atoms with Gasteiger partial charge in [0, 0.05) is 6.42 Å². The Bertz CT molecular complexity index is 1180. The molecule has 0 aromatic heterocycles. The smallest absolute Gasteiger partial charge is 0.361 e. The molecular weight excluding hydrogens is 775 g/mol. The number of aliphatic carboxylic acids is 1. The molecular formula is C54H96NO7+. The Balaban J connectivity index is 3.40. The molecule has 0 aliphatic rings. The molecule has 358 valence electrons. The molecule has 62 heavy (non-hydrogen) atoms. The lowest BCUT2D eigenvalue weighted by atomic mass is 10.0. The molecule has 0 aliphatic heterocycles. The monoisotopic (exact) mass is 871 g/mol. The average Bonchev–Trinajstić information content (AvgIpc) is 3.24. The summed E-state index contributed by atoms with van der Waals surface area (Å²) in [6, 6.07) is 0. The molecule has 0 bridgehead atoms. The minimum Gasteiger partial charge on any atom is -0.477 e. The summed E-state index contributed by atoms with van der Waals surface area (Å²) in [6.45, 7) is 2.48. The van der Waals surface area contributed by atoms with E-state index in [0.717, 1.165) is 57.8 Å². The van der Waals surface area contributed by atoms with E-state index in [-0.39, 0.29) is 25.8 Å². The van der Waals surface area contributed by atoms with Crippen molar-refractivity contribution < 1.29 is 38.5 Å². The standard InChI is InChI=1S/C54H95NO7/c1-5-6-7-8-9-10-11-12-13-14-15-16-17-18-19-20-21-22-23-24-25-26-27-28-29-30-31-32-33-34-35-36-37-38-39-40-41-42-43-44-45-46-52(57)61-49-51(56)50-62-54(53(58)59)60-48-47-55(2,3)4/h6-7,9-10,12-13,15-16,18-19,21-22,51,54,56H,5,8,11,14,17,20,23-50H2,1-4H3/p+1/b7-6-,10-9-,13-12-,16-15-,19-18-,22-21-. The van der Waals surface area contributed by atoms with Crippen molar-refractivity contribution in [2.24, 2.45) is 0 Å². The van der Waals surface area contributed by atoms with E-state index in [4.69, 9.17) is 14.2 Å². The first-order valence-corrected chi connectivity index (χ1v) is 25.2. The summed E-state index contributed by atoms with van der Waals surface area (Å²) in [5.41, 5.74) is 0. The number of esters is 1. The fraction of sp³-hybridized carbons (Fsp3) is 0.741. The number of aliphatic hydroxyl groups excluding tert-OH is 1. The SMILES string of the molecule is CC/C=C\C/C=C\C/C=C\C/C=C\C/C=C\C/C=C\CCCCCCCCCCCCCCCCCCCCCCCCC(=O)OCC(O)COC(OCC[N+](C)(C)C)C(=O)O. The van der Waals surface area contributed by atoms with Crippen molar-refractivity contribution in [1.82, 2.24) is 0 Å². The number of unbranched alkanes of at least 4 members (excludes halogenated alkanes) is 22. The molecule has 8 nitrogen and oxygen atoms in total. The molecule has 0 fully saturated rings. The number of quaternary nitrogens is 1. The third kappa shape index (κ3) is 48.3. The number of rotatable bonds is 46. The molecule has 0 aromatic rings. The van der Waals surface area contributed by atoms with E-state index in [1.807, 2.05) is 21.1 Å². The van der Waals surface area contributed by atoms with Crippen LogP contribution in [-0.4, -0.2) is 86.5 Å². The van der Waals surface area contributed by atoms with Gasteiger partial charge in [0.2, 0.25) is 0 Å². The van der Waals surface area contributed by atoms with Crippen LogP contribution in [0, 0.1) is 0 Å². The summed E-state index contributed by atoms with van der Waals surface area (Å²) in [6.07, 6.45) is 61.3. The fourth-order valence-corrected chi connectivity index (χ4v) is 6.84. The van der Waals surface area contributed by atoms with Crippen LogP contribution in [0.2, 0.25) is 0 Å². The van der Waals surface area contributed by atoms with Gasteiger partial charge in [-0.25, -0.2) is 4.79 Å². The maximum atomic E-state index is 12.0.